The molecule has 1 fully saturated rings. The smallest absolute Gasteiger partial charge is 0.330 e. The van der Waals surface area contributed by atoms with Gasteiger partial charge >= 0.3 is 24.2 Å². The number of rotatable bonds is 11. The number of esters is 1. The van der Waals surface area contributed by atoms with Crippen molar-refractivity contribution in [3.05, 3.63) is 79.8 Å². The van der Waals surface area contributed by atoms with Gasteiger partial charge in [0.2, 0.25) is 6.23 Å². The molecule has 7 atom stereocenters. The minimum Gasteiger partial charge on any atom is -0.462 e. The van der Waals surface area contributed by atoms with Gasteiger partial charge in [0.1, 0.15) is 16.8 Å². The molecule has 0 spiro atoms. The molecule has 2 heterocycles. The van der Waals surface area contributed by atoms with Crippen LogP contribution in [-0.2, 0) is 35.1 Å². The Morgan fingerprint density at radius 1 is 1.24 bits per heavy atom. The number of nitrogens with zero attached hydrogens (tertiary/aromatic N) is 1. The molecule has 0 saturated carbocycles. The minimum atomic E-state index is -4.53. The molecule has 0 bridgehead atoms. The van der Waals surface area contributed by atoms with Crippen LogP contribution in [0.3, 0.4) is 0 Å². The number of fused-ring (bicyclic) bond motifs is 1. The summed E-state index contributed by atoms with van der Waals surface area (Å²) >= 11 is 11.3. The maximum absolute atomic E-state index is 15.4. The van der Waals surface area contributed by atoms with Gasteiger partial charge < -0.3 is 23.6 Å². The summed E-state index contributed by atoms with van der Waals surface area (Å²) in [4.78, 5) is 38.3. The van der Waals surface area contributed by atoms with Crippen molar-refractivity contribution in [2.75, 3.05) is 6.61 Å². The van der Waals surface area contributed by atoms with E-state index in [1.807, 2.05) is 25.2 Å². The largest absolute Gasteiger partial charge is 0.462 e. The third-order valence-electron chi connectivity index (χ3n) is 7.24. The molecule has 2 aliphatic carbocycles. The van der Waals surface area contributed by atoms with Crippen LogP contribution in [0.1, 0.15) is 33.9 Å². The van der Waals surface area contributed by atoms with Crippen LogP contribution in [0.15, 0.2) is 63.6 Å². The Hall–Kier alpha value is -2.59. The van der Waals surface area contributed by atoms with Gasteiger partial charge in [-0.25, -0.2) is 18.7 Å². The van der Waals surface area contributed by atoms with E-state index >= 15 is 8.78 Å². The standard InChI is InChI=1S/C27H31ClF4N3O8PS/c1-13(2)41-21(37)15(4)34-44(45,43-19-10-9-14(3)16-7-5-6-8-17(16)19)40-12-26(23(29)30)22(38)27(31,32)24(42-26)35-11-18(28)20(36)33-25(35)39/h5-11,13-16,22-24,38H,12H2,1-4H3,(H,34,45)(H,33,36,39)/t14?,15-,16?,22+,24+,26+,44?/m0/s1. The van der Waals surface area contributed by atoms with Crippen molar-refractivity contribution in [1.29, 1.82) is 0 Å². The summed E-state index contributed by atoms with van der Waals surface area (Å²) in [5.41, 5.74) is -5.40. The van der Waals surface area contributed by atoms with E-state index < -0.39 is 77.9 Å². The zero-order valence-electron chi connectivity index (χ0n) is 24.3. The Kier molecular flexibility index (Phi) is 10.4. The van der Waals surface area contributed by atoms with Gasteiger partial charge in [0.15, 0.2) is 11.7 Å². The van der Waals surface area contributed by atoms with Crippen molar-refractivity contribution in [2.24, 2.45) is 11.8 Å². The number of hydrogen-bond donors (Lipinski definition) is 3. The van der Waals surface area contributed by atoms with E-state index in [9.17, 15) is 28.3 Å². The molecule has 3 aliphatic rings. The molecule has 11 nitrogen and oxygen atoms in total. The summed E-state index contributed by atoms with van der Waals surface area (Å²) in [7, 11) is 0. The molecule has 0 radical (unpaired) electrons. The van der Waals surface area contributed by atoms with Gasteiger partial charge in [-0.1, -0.05) is 48.9 Å². The number of aliphatic hydroxyl groups is 1. The molecule has 0 amide bonds. The Morgan fingerprint density at radius 2 is 1.93 bits per heavy atom. The molecular formula is C27H31ClF4N3O8PS. The lowest BCUT2D eigenvalue weighted by Crippen LogP contribution is -2.54. The number of halogens is 5. The van der Waals surface area contributed by atoms with Gasteiger partial charge in [-0.15, -0.1) is 0 Å². The first-order valence-electron chi connectivity index (χ1n) is 13.6. The van der Waals surface area contributed by atoms with E-state index in [-0.39, 0.29) is 22.2 Å². The highest BCUT2D eigenvalue weighted by molar-refractivity contribution is 8.09. The van der Waals surface area contributed by atoms with Gasteiger partial charge in [-0.05, 0) is 44.6 Å². The fraction of sp³-hybridized carbons (Fsp3) is 0.519. The van der Waals surface area contributed by atoms with Gasteiger partial charge in [0.25, 0.3) is 12.0 Å². The molecule has 45 heavy (non-hydrogen) atoms. The number of aliphatic hydroxyl groups excluding tert-OH is 1. The van der Waals surface area contributed by atoms with Gasteiger partial charge in [0.05, 0.1) is 12.7 Å². The quantitative estimate of drug-likeness (QED) is 0.176. The molecule has 1 aromatic rings. The molecule has 1 aliphatic heterocycles. The number of H-pyrrole nitrogens is 1. The fourth-order valence-electron chi connectivity index (χ4n) is 4.87. The number of alkyl halides is 4. The lowest BCUT2D eigenvalue weighted by atomic mass is 9.80. The van der Waals surface area contributed by atoms with Crippen LogP contribution >= 0.6 is 18.2 Å². The number of carbonyl (C=O) groups is 1. The average molecular weight is 700 g/mol. The predicted octanol–water partition coefficient (Wildman–Crippen LogP) is 4.11. The van der Waals surface area contributed by atoms with Crippen LogP contribution < -0.4 is 16.3 Å². The zero-order chi connectivity index (χ0) is 33.5. The first kappa shape index (κ1) is 35.3. The number of nitrogens with one attached hydrogen (secondary N) is 2. The third kappa shape index (κ3) is 7.07. The van der Waals surface area contributed by atoms with Crippen molar-refractivity contribution in [3.8, 4) is 0 Å². The molecule has 0 aromatic carbocycles. The van der Waals surface area contributed by atoms with Crippen LogP contribution in [-0.4, -0.2) is 63.4 Å². The summed E-state index contributed by atoms with van der Waals surface area (Å²) in [6.45, 7) is 0.882. The highest BCUT2D eigenvalue weighted by Gasteiger charge is 2.71. The van der Waals surface area contributed by atoms with E-state index in [0.717, 1.165) is 0 Å². The van der Waals surface area contributed by atoms with Crippen molar-refractivity contribution < 1.29 is 46.0 Å². The number of aromatic amines is 1. The predicted molar refractivity (Wildman–Crippen MR) is 158 cm³/mol. The summed E-state index contributed by atoms with van der Waals surface area (Å²) in [6.07, 6.45) is 0.643. The number of carbonyl (C=O) groups excluding carboxylic acids is 1. The maximum Gasteiger partial charge on any atom is 0.330 e. The molecule has 248 valence electrons. The van der Waals surface area contributed by atoms with Gasteiger partial charge in [-0.2, -0.15) is 8.78 Å². The van der Waals surface area contributed by atoms with E-state index in [4.69, 9.17) is 41.9 Å². The Bertz CT molecular complexity index is 1610. The highest BCUT2D eigenvalue weighted by Crippen LogP contribution is 2.55. The minimum absolute atomic E-state index is 0.0494. The second-order valence-electron chi connectivity index (χ2n) is 11.0. The molecular weight excluding hydrogens is 669 g/mol. The van der Waals surface area contributed by atoms with E-state index in [1.165, 1.54) is 6.92 Å². The second kappa shape index (κ2) is 13.3. The number of ether oxygens (including phenoxy) is 2. The summed E-state index contributed by atoms with van der Waals surface area (Å²) in [6, 6.07) is -1.22. The zero-order valence-corrected chi connectivity index (χ0v) is 26.8. The number of aromatic nitrogens is 2. The number of allylic oxidation sites excluding steroid dienone is 7. The molecule has 4 rings (SSSR count). The monoisotopic (exact) mass is 699 g/mol. The first-order valence-corrected chi connectivity index (χ1v) is 16.7. The van der Waals surface area contributed by atoms with Crippen molar-refractivity contribution in [2.45, 2.75) is 70.1 Å². The first-order chi connectivity index (χ1) is 20.9. The molecule has 18 heteroatoms. The summed E-state index contributed by atoms with van der Waals surface area (Å²) in [5.74, 6) is -5.24. The fourth-order valence-corrected chi connectivity index (χ4v) is 7.45. The number of hydrogen-bond acceptors (Lipinski definition) is 9. The molecule has 1 aromatic heterocycles. The molecule has 1 saturated heterocycles. The van der Waals surface area contributed by atoms with E-state index in [0.29, 0.717) is 11.8 Å². The van der Waals surface area contributed by atoms with E-state index in [2.05, 4.69) is 5.09 Å². The topological polar surface area (TPSA) is 141 Å². The summed E-state index contributed by atoms with van der Waals surface area (Å²) in [5, 5.41) is 12.5. The third-order valence-corrected chi connectivity index (χ3v) is 9.97. The Morgan fingerprint density at radius 3 is 2.58 bits per heavy atom. The van der Waals surface area contributed by atoms with Crippen molar-refractivity contribution >= 4 is 36.0 Å². The molecule has 3 N–H and O–H groups in total. The Labute approximate surface area is 264 Å². The SMILES string of the molecule is CC(C)OC(=O)[C@H](C)NP(=S)(OC[C@@]1(C(F)F)O[C@@H](n2cc(Cl)c(=O)[nH]c2=O)C(F)(F)[C@@H]1O)OC1=C2C=CC=CC2C(C)C=C1. The summed E-state index contributed by atoms with van der Waals surface area (Å²) < 4.78 is 82.2. The van der Waals surface area contributed by atoms with Crippen LogP contribution in [0.4, 0.5) is 17.6 Å². The van der Waals surface area contributed by atoms with Gasteiger partial charge in [-0.3, -0.25) is 19.1 Å². The second-order valence-corrected chi connectivity index (χ2v) is 14.5. The van der Waals surface area contributed by atoms with E-state index in [1.54, 1.807) is 37.1 Å². The average Bonchev–Trinajstić information content (AvgIpc) is 3.16. The Balaban J connectivity index is 1.71. The maximum atomic E-state index is 15.4. The van der Waals surface area contributed by atoms with Crippen LogP contribution in [0.2, 0.25) is 5.02 Å². The van der Waals surface area contributed by atoms with Crippen molar-refractivity contribution in [1.82, 2.24) is 14.6 Å². The van der Waals surface area contributed by atoms with Crippen molar-refractivity contribution in [3.63, 3.8) is 0 Å². The van der Waals surface area contributed by atoms with Crippen LogP contribution in [0.5, 0.6) is 0 Å². The molecule has 3 unspecified atom stereocenters. The lowest BCUT2D eigenvalue weighted by Gasteiger charge is -2.35. The lowest BCUT2D eigenvalue weighted by molar-refractivity contribution is -0.192. The highest BCUT2D eigenvalue weighted by atomic mass is 35.5. The van der Waals surface area contributed by atoms with Crippen LogP contribution in [0.25, 0.3) is 0 Å². The normalized spacial score (nSPS) is 29.2. The van der Waals surface area contributed by atoms with Crippen LogP contribution in [0, 0.1) is 11.8 Å². The van der Waals surface area contributed by atoms with Gasteiger partial charge in [0, 0.05) is 17.7 Å².